The standard InChI is InChI=1S/C18H23NO2/c1-14-13-16(7-6-15(14)5-4-12-20)17(21)19-10-8-18(2,3)9-11-19/h6-7,13,20H,8-12H2,1-3H3. The highest BCUT2D eigenvalue weighted by molar-refractivity contribution is 5.94. The Balaban J connectivity index is 2.12. The van der Waals surface area contributed by atoms with Gasteiger partial charge in [0.1, 0.15) is 6.61 Å². The van der Waals surface area contributed by atoms with Gasteiger partial charge in [0, 0.05) is 24.2 Å². The Bertz CT molecular complexity index is 583. The summed E-state index contributed by atoms with van der Waals surface area (Å²) in [5.74, 6) is 5.64. The Kier molecular flexibility index (Phi) is 4.69. The quantitative estimate of drug-likeness (QED) is 0.806. The van der Waals surface area contributed by atoms with Gasteiger partial charge in [-0.1, -0.05) is 25.7 Å². The Morgan fingerprint density at radius 2 is 2.00 bits per heavy atom. The maximum atomic E-state index is 12.5. The number of amides is 1. The molecule has 2 rings (SSSR count). The predicted octanol–water partition coefficient (Wildman–Crippen LogP) is 2.60. The van der Waals surface area contributed by atoms with Crippen molar-refractivity contribution in [2.24, 2.45) is 5.41 Å². The smallest absolute Gasteiger partial charge is 0.253 e. The minimum Gasteiger partial charge on any atom is -0.384 e. The van der Waals surface area contributed by atoms with Gasteiger partial charge in [-0.2, -0.15) is 0 Å². The summed E-state index contributed by atoms with van der Waals surface area (Å²) in [4.78, 5) is 14.5. The molecule has 0 aromatic heterocycles. The molecule has 112 valence electrons. The van der Waals surface area contributed by atoms with Crippen LogP contribution in [0.4, 0.5) is 0 Å². The van der Waals surface area contributed by atoms with Crippen molar-refractivity contribution in [3.8, 4) is 11.8 Å². The lowest BCUT2D eigenvalue weighted by Gasteiger charge is -2.37. The first-order valence-electron chi connectivity index (χ1n) is 7.43. The summed E-state index contributed by atoms with van der Waals surface area (Å²) < 4.78 is 0. The number of aryl methyl sites for hydroxylation is 1. The Hall–Kier alpha value is -1.79. The molecule has 0 spiro atoms. The van der Waals surface area contributed by atoms with Gasteiger partial charge in [0.2, 0.25) is 0 Å². The van der Waals surface area contributed by atoms with Crippen LogP contribution in [0.15, 0.2) is 18.2 Å². The maximum Gasteiger partial charge on any atom is 0.253 e. The van der Waals surface area contributed by atoms with Crippen molar-refractivity contribution < 1.29 is 9.90 Å². The number of nitrogens with zero attached hydrogens (tertiary/aromatic N) is 1. The van der Waals surface area contributed by atoms with Crippen molar-refractivity contribution >= 4 is 5.91 Å². The average molecular weight is 285 g/mol. The summed E-state index contributed by atoms with van der Waals surface area (Å²) in [6, 6.07) is 5.58. The van der Waals surface area contributed by atoms with Gasteiger partial charge in [-0.3, -0.25) is 4.79 Å². The molecule has 3 nitrogen and oxygen atoms in total. The van der Waals surface area contributed by atoms with Crippen molar-refractivity contribution in [1.29, 1.82) is 0 Å². The molecule has 0 radical (unpaired) electrons. The fourth-order valence-corrected chi connectivity index (χ4v) is 2.57. The molecular formula is C18H23NO2. The molecule has 1 aromatic rings. The number of carbonyl (C=O) groups is 1. The zero-order valence-electron chi connectivity index (χ0n) is 13.1. The van der Waals surface area contributed by atoms with Gasteiger partial charge in [-0.15, -0.1) is 0 Å². The van der Waals surface area contributed by atoms with E-state index in [-0.39, 0.29) is 12.5 Å². The third kappa shape index (κ3) is 3.86. The lowest BCUT2D eigenvalue weighted by atomic mass is 9.82. The highest BCUT2D eigenvalue weighted by Gasteiger charge is 2.28. The molecule has 1 amide bonds. The summed E-state index contributed by atoms with van der Waals surface area (Å²) in [5.41, 5.74) is 2.90. The van der Waals surface area contributed by atoms with E-state index in [0.29, 0.717) is 5.41 Å². The van der Waals surface area contributed by atoms with Crippen LogP contribution >= 0.6 is 0 Å². The van der Waals surface area contributed by atoms with Gasteiger partial charge in [0.15, 0.2) is 0 Å². The summed E-state index contributed by atoms with van der Waals surface area (Å²) >= 11 is 0. The number of hydrogen-bond acceptors (Lipinski definition) is 2. The van der Waals surface area contributed by atoms with E-state index in [2.05, 4.69) is 25.7 Å². The summed E-state index contributed by atoms with van der Waals surface area (Å²) in [7, 11) is 0. The van der Waals surface area contributed by atoms with Crippen LogP contribution in [0.3, 0.4) is 0 Å². The Labute approximate surface area is 127 Å². The minimum atomic E-state index is -0.149. The molecule has 1 heterocycles. The van der Waals surface area contributed by atoms with Crippen molar-refractivity contribution in [1.82, 2.24) is 4.90 Å². The molecule has 0 aliphatic carbocycles. The predicted molar refractivity (Wildman–Crippen MR) is 84.1 cm³/mol. The van der Waals surface area contributed by atoms with Crippen molar-refractivity contribution in [2.45, 2.75) is 33.6 Å². The monoisotopic (exact) mass is 285 g/mol. The van der Waals surface area contributed by atoms with E-state index < -0.39 is 0 Å². The lowest BCUT2D eigenvalue weighted by Crippen LogP contribution is -2.41. The number of piperidine rings is 1. The van der Waals surface area contributed by atoms with E-state index in [1.807, 2.05) is 30.0 Å². The fourth-order valence-electron chi connectivity index (χ4n) is 2.57. The van der Waals surface area contributed by atoms with Crippen LogP contribution in [0.1, 0.15) is 48.2 Å². The van der Waals surface area contributed by atoms with Crippen molar-refractivity contribution in [2.75, 3.05) is 19.7 Å². The molecule has 1 N–H and O–H groups in total. The lowest BCUT2D eigenvalue weighted by molar-refractivity contribution is 0.0630. The average Bonchev–Trinajstić information content (AvgIpc) is 2.45. The second kappa shape index (κ2) is 6.32. The number of benzene rings is 1. The van der Waals surface area contributed by atoms with Crippen molar-refractivity contribution in [3.05, 3.63) is 34.9 Å². The van der Waals surface area contributed by atoms with E-state index in [1.54, 1.807) is 0 Å². The molecule has 1 aliphatic heterocycles. The summed E-state index contributed by atoms with van der Waals surface area (Å²) in [6.45, 7) is 7.97. The number of likely N-dealkylation sites (tertiary alicyclic amines) is 1. The number of aliphatic hydroxyl groups is 1. The molecule has 1 fully saturated rings. The highest BCUT2D eigenvalue weighted by atomic mass is 16.2. The number of carbonyl (C=O) groups excluding carboxylic acids is 1. The molecule has 0 bridgehead atoms. The third-order valence-electron chi connectivity index (χ3n) is 4.18. The zero-order chi connectivity index (χ0) is 15.5. The van der Waals surface area contributed by atoms with Gasteiger partial charge in [-0.05, 0) is 48.9 Å². The molecule has 0 atom stereocenters. The Morgan fingerprint density at radius 3 is 2.57 bits per heavy atom. The summed E-state index contributed by atoms with van der Waals surface area (Å²) in [5, 5.41) is 8.74. The topological polar surface area (TPSA) is 40.5 Å². The van der Waals surface area contributed by atoms with Crippen LogP contribution in [0.5, 0.6) is 0 Å². The van der Waals surface area contributed by atoms with E-state index in [4.69, 9.17) is 5.11 Å². The first-order valence-corrected chi connectivity index (χ1v) is 7.43. The van der Waals surface area contributed by atoms with Gasteiger partial charge < -0.3 is 10.0 Å². The van der Waals surface area contributed by atoms with E-state index in [0.717, 1.165) is 42.6 Å². The maximum absolute atomic E-state index is 12.5. The van der Waals surface area contributed by atoms with Gasteiger partial charge in [0.05, 0.1) is 0 Å². The van der Waals surface area contributed by atoms with Crippen molar-refractivity contribution in [3.63, 3.8) is 0 Å². The van der Waals surface area contributed by atoms with Crippen LogP contribution in [0.25, 0.3) is 0 Å². The van der Waals surface area contributed by atoms with Crippen LogP contribution in [-0.2, 0) is 0 Å². The molecule has 1 aliphatic rings. The van der Waals surface area contributed by atoms with Crippen LogP contribution in [0, 0.1) is 24.2 Å². The second-order valence-electron chi connectivity index (χ2n) is 6.45. The van der Waals surface area contributed by atoms with Gasteiger partial charge in [0.25, 0.3) is 5.91 Å². The molecule has 0 unspecified atom stereocenters. The number of rotatable bonds is 1. The molecular weight excluding hydrogens is 262 g/mol. The Morgan fingerprint density at radius 1 is 1.33 bits per heavy atom. The fraction of sp³-hybridized carbons (Fsp3) is 0.500. The van der Waals surface area contributed by atoms with E-state index >= 15 is 0 Å². The number of hydrogen-bond donors (Lipinski definition) is 1. The molecule has 1 saturated heterocycles. The molecule has 3 heteroatoms. The third-order valence-corrected chi connectivity index (χ3v) is 4.18. The molecule has 21 heavy (non-hydrogen) atoms. The largest absolute Gasteiger partial charge is 0.384 e. The van der Waals surface area contributed by atoms with E-state index in [9.17, 15) is 4.79 Å². The summed E-state index contributed by atoms with van der Waals surface area (Å²) in [6.07, 6.45) is 2.11. The van der Waals surface area contributed by atoms with E-state index in [1.165, 1.54) is 0 Å². The second-order valence-corrected chi connectivity index (χ2v) is 6.45. The van der Waals surface area contributed by atoms with Crippen LogP contribution < -0.4 is 0 Å². The van der Waals surface area contributed by atoms with Crippen LogP contribution in [-0.4, -0.2) is 35.6 Å². The van der Waals surface area contributed by atoms with Gasteiger partial charge >= 0.3 is 0 Å². The SMILES string of the molecule is Cc1cc(C(=O)N2CCC(C)(C)CC2)ccc1C#CCO. The first-order chi connectivity index (χ1) is 9.93. The molecule has 1 aromatic carbocycles. The minimum absolute atomic E-state index is 0.107. The van der Waals surface area contributed by atoms with Gasteiger partial charge in [-0.25, -0.2) is 0 Å². The highest BCUT2D eigenvalue weighted by Crippen LogP contribution is 2.30. The molecule has 0 saturated carbocycles. The first kappa shape index (κ1) is 15.6. The normalized spacial score (nSPS) is 17.0. The van der Waals surface area contributed by atoms with Crippen LogP contribution in [0.2, 0.25) is 0 Å². The zero-order valence-corrected chi connectivity index (χ0v) is 13.1. The number of aliphatic hydroxyl groups excluding tert-OH is 1.